The molecule has 0 radical (unpaired) electrons. The van der Waals surface area contributed by atoms with E-state index < -0.39 is 6.10 Å². The highest BCUT2D eigenvalue weighted by atomic mass is 16.6. The summed E-state index contributed by atoms with van der Waals surface area (Å²) in [5.41, 5.74) is 1.09. The Balaban J connectivity index is 1.69. The summed E-state index contributed by atoms with van der Waals surface area (Å²) in [6.07, 6.45) is -0.768. The van der Waals surface area contributed by atoms with Crippen molar-refractivity contribution in [3.63, 3.8) is 0 Å². The highest BCUT2D eigenvalue weighted by Crippen LogP contribution is 2.36. The zero-order valence-corrected chi connectivity index (χ0v) is 14.2. The van der Waals surface area contributed by atoms with E-state index in [2.05, 4.69) is 5.32 Å². The number of benzene rings is 2. The molecule has 0 aromatic heterocycles. The van der Waals surface area contributed by atoms with Crippen LogP contribution in [-0.2, 0) is 4.79 Å². The van der Waals surface area contributed by atoms with Crippen LogP contribution in [0.15, 0.2) is 42.5 Å². The minimum Gasteiger partial charge on any atom is -0.486 e. The van der Waals surface area contributed by atoms with Gasteiger partial charge in [-0.05, 0) is 30.3 Å². The fourth-order valence-electron chi connectivity index (χ4n) is 3.06. The third-order valence-corrected chi connectivity index (χ3v) is 4.35. The third kappa shape index (κ3) is 2.81. The van der Waals surface area contributed by atoms with E-state index in [9.17, 15) is 9.59 Å². The number of hydrogen-bond acceptors (Lipinski definition) is 5. The first kappa shape index (κ1) is 16.3. The second kappa shape index (κ2) is 6.59. The molecular weight excluding hydrogens is 336 g/mol. The molecule has 4 rings (SSSR count). The summed E-state index contributed by atoms with van der Waals surface area (Å²) >= 11 is 0. The first-order chi connectivity index (χ1) is 12.7. The first-order valence-corrected chi connectivity index (χ1v) is 8.36. The van der Waals surface area contributed by atoms with Gasteiger partial charge in [0.05, 0.1) is 12.2 Å². The van der Waals surface area contributed by atoms with Crippen LogP contribution >= 0.6 is 0 Å². The van der Waals surface area contributed by atoms with Crippen molar-refractivity contribution < 1.29 is 23.8 Å². The largest absolute Gasteiger partial charge is 0.486 e. The summed E-state index contributed by atoms with van der Waals surface area (Å²) in [7, 11) is 1.54. The van der Waals surface area contributed by atoms with Crippen molar-refractivity contribution in [2.24, 2.45) is 0 Å². The van der Waals surface area contributed by atoms with E-state index in [0.29, 0.717) is 41.7 Å². The van der Waals surface area contributed by atoms with Gasteiger partial charge in [0.15, 0.2) is 17.6 Å². The van der Waals surface area contributed by atoms with Crippen molar-refractivity contribution in [2.75, 3.05) is 31.7 Å². The molecule has 1 atom stereocenters. The smallest absolute Gasteiger partial charge is 0.262 e. The predicted molar refractivity (Wildman–Crippen MR) is 94.0 cm³/mol. The number of hydrogen-bond donors (Lipinski definition) is 1. The predicted octanol–water partition coefficient (Wildman–Crippen LogP) is 1.61. The quantitative estimate of drug-likeness (QED) is 0.887. The van der Waals surface area contributed by atoms with Gasteiger partial charge in [-0.25, -0.2) is 0 Å². The number of ether oxygens (including phenoxy) is 3. The van der Waals surface area contributed by atoms with Crippen LogP contribution < -0.4 is 24.4 Å². The number of likely N-dealkylation sites (N-methyl/N-ethyl adjacent to an activating group) is 1. The Morgan fingerprint density at radius 1 is 1.04 bits per heavy atom. The Bertz CT molecular complexity index is 867. The molecule has 2 aliphatic heterocycles. The van der Waals surface area contributed by atoms with E-state index in [1.165, 1.54) is 0 Å². The van der Waals surface area contributed by atoms with Gasteiger partial charge in [-0.15, -0.1) is 0 Å². The van der Waals surface area contributed by atoms with Crippen molar-refractivity contribution in [1.29, 1.82) is 0 Å². The summed E-state index contributed by atoms with van der Waals surface area (Å²) in [4.78, 5) is 26.8. The number of nitrogens with zero attached hydrogens (tertiary/aromatic N) is 1. The molecule has 1 N–H and O–H groups in total. The lowest BCUT2D eigenvalue weighted by Crippen LogP contribution is -2.50. The summed E-state index contributed by atoms with van der Waals surface area (Å²) in [5, 5.41) is 2.57. The van der Waals surface area contributed by atoms with Gasteiger partial charge in [0.1, 0.15) is 19.0 Å². The molecule has 0 unspecified atom stereocenters. The van der Waals surface area contributed by atoms with Crippen LogP contribution in [0.5, 0.6) is 17.2 Å². The minimum atomic E-state index is -0.768. The molecule has 0 spiro atoms. The normalized spacial score (nSPS) is 17.7. The highest BCUT2D eigenvalue weighted by Gasteiger charge is 2.34. The molecular formula is C19H18N2O5. The SMILES string of the molecule is CNC(=O)[C@H]1CN(C(=O)c2ccc3c(c2)OCCO3)c2ccccc2O1. The molecule has 7 nitrogen and oxygen atoms in total. The lowest BCUT2D eigenvalue weighted by molar-refractivity contribution is -0.127. The van der Waals surface area contributed by atoms with Crippen LogP contribution in [0.1, 0.15) is 10.4 Å². The van der Waals surface area contributed by atoms with Crippen molar-refractivity contribution in [2.45, 2.75) is 6.10 Å². The summed E-state index contributed by atoms with van der Waals surface area (Å²) in [6, 6.07) is 12.3. The molecule has 0 bridgehead atoms. The van der Waals surface area contributed by atoms with E-state index in [4.69, 9.17) is 14.2 Å². The van der Waals surface area contributed by atoms with Crippen LogP contribution in [0.25, 0.3) is 0 Å². The van der Waals surface area contributed by atoms with Crippen LogP contribution in [0.2, 0.25) is 0 Å². The van der Waals surface area contributed by atoms with Crippen molar-refractivity contribution in [3.05, 3.63) is 48.0 Å². The van der Waals surface area contributed by atoms with Gasteiger partial charge in [0, 0.05) is 12.6 Å². The van der Waals surface area contributed by atoms with Gasteiger partial charge >= 0.3 is 0 Å². The van der Waals surface area contributed by atoms with Crippen molar-refractivity contribution in [3.8, 4) is 17.2 Å². The van der Waals surface area contributed by atoms with Gasteiger partial charge in [0.2, 0.25) is 0 Å². The molecule has 2 aliphatic rings. The molecule has 2 amide bonds. The highest BCUT2D eigenvalue weighted by molar-refractivity contribution is 6.08. The zero-order valence-electron chi connectivity index (χ0n) is 14.2. The molecule has 26 heavy (non-hydrogen) atoms. The topological polar surface area (TPSA) is 77.1 Å². The number of carbonyl (C=O) groups is 2. The fourth-order valence-corrected chi connectivity index (χ4v) is 3.06. The minimum absolute atomic E-state index is 0.129. The second-order valence-electron chi connectivity index (χ2n) is 5.96. The molecule has 0 saturated heterocycles. The Labute approximate surface area is 150 Å². The van der Waals surface area contributed by atoms with Crippen LogP contribution in [0, 0.1) is 0 Å². The van der Waals surface area contributed by atoms with E-state index in [1.807, 2.05) is 6.07 Å². The van der Waals surface area contributed by atoms with E-state index in [-0.39, 0.29) is 18.4 Å². The maximum atomic E-state index is 13.1. The maximum absolute atomic E-state index is 13.1. The number of carbonyl (C=O) groups excluding carboxylic acids is 2. The van der Waals surface area contributed by atoms with Crippen LogP contribution in [0.4, 0.5) is 5.69 Å². The van der Waals surface area contributed by atoms with E-state index >= 15 is 0 Å². The van der Waals surface area contributed by atoms with Gasteiger partial charge in [-0.3, -0.25) is 9.59 Å². The van der Waals surface area contributed by atoms with E-state index in [0.717, 1.165) is 0 Å². The van der Waals surface area contributed by atoms with Crippen molar-refractivity contribution in [1.82, 2.24) is 5.32 Å². The lowest BCUT2D eigenvalue weighted by Gasteiger charge is -2.34. The molecule has 2 aromatic rings. The Kier molecular flexibility index (Phi) is 4.12. The van der Waals surface area contributed by atoms with Crippen LogP contribution in [0.3, 0.4) is 0 Å². The number of fused-ring (bicyclic) bond motifs is 2. The molecule has 134 valence electrons. The molecule has 2 heterocycles. The monoisotopic (exact) mass is 354 g/mol. The second-order valence-corrected chi connectivity index (χ2v) is 5.96. The summed E-state index contributed by atoms with van der Waals surface area (Å²) in [5.74, 6) is 1.16. The molecule has 0 aliphatic carbocycles. The third-order valence-electron chi connectivity index (χ3n) is 4.35. The number of para-hydroxylation sites is 2. The average molecular weight is 354 g/mol. The number of amides is 2. The first-order valence-electron chi connectivity index (χ1n) is 8.36. The average Bonchev–Trinajstić information content (AvgIpc) is 2.71. The number of rotatable bonds is 2. The number of nitrogens with one attached hydrogen (secondary N) is 1. The van der Waals surface area contributed by atoms with Gasteiger partial charge in [-0.2, -0.15) is 0 Å². The Morgan fingerprint density at radius 2 is 1.81 bits per heavy atom. The Morgan fingerprint density at radius 3 is 2.62 bits per heavy atom. The fraction of sp³-hybridized carbons (Fsp3) is 0.263. The summed E-state index contributed by atoms with van der Waals surface area (Å²) < 4.78 is 16.8. The lowest BCUT2D eigenvalue weighted by atomic mass is 10.1. The van der Waals surface area contributed by atoms with Crippen molar-refractivity contribution >= 4 is 17.5 Å². The van der Waals surface area contributed by atoms with E-state index in [1.54, 1.807) is 48.3 Å². The molecule has 0 saturated carbocycles. The molecule has 2 aromatic carbocycles. The molecule has 7 heteroatoms. The maximum Gasteiger partial charge on any atom is 0.262 e. The standard InChI is InChI=1S/C19H18N2O5/c1-20-18(22)17-11-21(13-4-2-3-5-14(13)26-17)19(23)12-6-7-15-16(10-12)25-9-8-24-15/h2-7,10,17H,8-9,11H2,1H3,(H,20,22)/t17-/m1/s1. The molecule has 0 fully saturated rings. The van der Waals surface area contributed by atoms with Gasteiger partial charge in [0.25, 0.3) is 11.8 Å². The number of anilines is 1. The summed E-state index contributed by atoms with van der Waals surface area (Å²) in [6.45, 7) is 1.07. The zero-order chi connectivity index (χ0) is 18.1. The van der Waals surface area contributed by atoms with Crippen LogP contribution in [-0.4, -0.2) is 44.7 Å². The van der Waals surface area contributed by atoms with Gasteiger partial charge < -0.3 is 24.4 Å². The van der Waals surface area contributed by atoms with Gasteiger partial charge in [-0.1, -0.05) is 12.1 Å². The Hall–Kier alpha value is -3.22.